The Bertz CT molecular complexity index is 780. The minimum atomic E-state index is -1.32. The molecular weight excluding hydrogens is 355 g/mol. The summed E-state index contributed by atoms with van der Waals surface area (Å²) in [6.45, 7) is 1.55. The van der Waals surface area contributed by atoms with Gasteiger partial charge in [0.25, 0.3) is 5.91 Å². The van der Waals surface area contributed by atoms with Crippen molar-refractivity contribution in [3.05, 3.63) is 66.0 Å². The summed E-state index contributed by atoms with van der Waals surface area (Å²) < 4.78 is 23.3. The number of esters is 1. The van der Waals surface area contributed by atoms with Gasteiger partial charge < -0.3 is 14.8 Å². The lowest BCUT2D eigenvalue weighted by molar-refractivity contribution is -0.158. The molecule has 0 aromatic heterocycles. The Hall–Kier alpha value is -3.42. The highest BCUT2D eigenvalue weighted by molar-refractivity contribution is 5.97. The zero-order valence-electron chi connectivity index (χ0n) is 14.6. The summed E-state index contributed by atoms with van der Waals surface area (Å²) in [5.74, 6) is -1.77. The molecule has 0 aliphatic rings. The van der Waals surface area contributed by atoms with Gasteiger partial charge in [-0.3, -0.25) is 10.1 Å². The van der Waals surface area contributed by atoms with Crippen molar-refractivity contribution in [2.45, 2.75) is 13.0 Å². The standard InChI is InChI=1S/C19H19FN2O5/c1-2-21-19(25)22-18(24)17(13-6-4-3-5-7-13)27-16(23)12-26-15-10-8-14(20)9-11-15/h3-11,17H,2,12H2,1H3,(H2,21,22,24,25)/t17-/m0/s1. The van der Waals surface area contributed by atoms with Crippen LogP contribution in [0.5, 0.6) is 5.75 Å². The second-order valence-electron chi connectivity index (χ2n) is 5.37. The second-order valence-corrected chi connectivity index (χ2v) is 5.37. The first kappa shape index (κ1) is 19.9. The van der Waals surface area contributed by atoms with Crippen molar-refractivity contribution < 1.29 is 28.2 Å². The monoisotopic (exact) mass is 374 g/mol. The Morgan fingerprint density at radius 1 is 1.04 bits per heavy atom. The first-order chi connectivity index (χ1) is 13.0. The van der Waals surface area contributed by atoms with Gasteiger partial charge in [0.15, 0.2) is 6.61 Å². The number of hydrogen-bond donors (Lipinski definition) is 2. The maximum atomic E-state index is 12.9. The first-order valence-corrected chi connectivity index (χ1v) is 8.21. The predicted octanol–water partition coefficient (Wildman–Crippen LogP) is 2.33. The Kier molecular flexibility index (Phi) is 7.30. The van der Waals surface area contributed by atoms with E-state index in [0.717, 1.165) is 0 Å². The molecule has 2 N–H and O–H groups in total. The molecule has 2 aromatic carbocycles. The summed E-state index contributed by atoms with van der Waals surface area (Å²) in [6, 6.07) is 12.7. The minimum absolute atomic E-state index is 0.274. The van der Waals surface area contributed by atoms with Crippen molar-refractivity contribution in [3.8, 4) is 5.75 Å². The van der Waals surface area contributed by atoms with E-state index in [0.29, 0.717) is 12.1 Å². The highest BCUT2D eigenvalue weighted by Crippen LogP contribution is 2.18. The lowest BCUT2D eigenvalue weighted by Gasteiger charge is -2.18. The molecule has 0 aliphatic heterocycles. The van der Waals surface area contributed by atoms with Gasteiger partial charge in [-0.1, -0.05) is 30.3 Å². The lowest BCUT2D eigenvalue weighted by atomic mass is 10.1. The van der Waals surface area contributed by atoms with Crippen molar-refractivity contribution in [1.82, 2.24) is 10.6 Å². The molecule has 0 spiro atoms. The number of urea groups is 1. The van der Waals surface area contributed by atoms with E-state index in [1.54, 1.807) is 37.3 Å². The minimum Gasteiger partial charge on any atom is -0.482 e. The first-order valence-electron chi connectivity index (χ1n) is 8.21. The Morgan fingerprint density at radius 2 is 1.70 bits per heavy atom. The van der Waals surface area contributed by atoms with Crippen molar-refractivity contribution in [1.29, 1.82) is 0 Å². The Balaban J connectivity index is 2.02. The number of carbonyl (C=O) groups excluding carboxylic acids is 3. The van der Waals surface area contributed by atoms with E-state index in [-0.39, 0.29) is 5.75 Å². The van der Waals surface area contributed by atoms with Gasteiger partial charge >= 0.3 is 12.0 Å². The van der Waals surface area contributed by atoms with E-state index in [9.17, 15) is 18.8 Å². The van der Waals surface area contributed by atoms with Crippen molar-refractivity contribution in [2.24, 2.45) is 0 Å². The van der Waals surface area contributed by atoms with Crippen molar-refractivity contribution in [2.75, 3.05) is 13.2 Å². The maximum Gasteiger partial charge on any atom is 0.345 e. The third kappa shape index (κ3) is 6.43. The van der Waals surface area contributed by atoms with Crippen LogP contribution in [0.2, 0.25) is 0 Å². The number of carbonyl (C=O) groups is 3. The molecule has 0 saturated heterocycles. The van der Waals surface area contributed by atoms with Crippen LogP contribution in [0.25, 0.3) is 0 Å². The number of nitrogens with one attached hydrogen (secondary N) is 2. The molecule has 27 heavy (non-hydrogen) atoms. The van der Waals surface area contributed by atoms with Crippen LogP contribution in [-0.4, -0.2) is 31.1 Å². The van der Waals surface area contributed by atoms with Crippen LogP contribution in [0.4, 0.5) is 9.18 Å². The molecule has 3 amide bonds. The van der Waals surface area contributed by atoms with Crippen LogP contribution in [-0.2, 0) is 14.3 Å². The quantitative estimate of drug-likeness (QED) is 0.726. The van der Waals surface area contributed by atoms with Crippen LogP contribution in [0.1, 0.15) is 18.6 Å². The third-order valence-electron chi connectivity index (χ3n) is 3.33. The summed E-state index contributed by atoms with van der Waals surface area (Å²) in [5.41, 5.74) is 0.398. The fraction of sp³-hybridized carbons (Fsp3) is 0.211. The number of imide groups is 1. The van der Waals surface area contributed by atoms with Crippen molar-refractivity contribution >= 4 is 17.9 Å². The topological polar surface area (TPSA) is 93.7 Å². The van der Waals surface area contributed by atoms with Crippen LogP contribution in [0.15, 0.2) is 54.6 Å². The third-order valence-corrected chi connectivity index (χ3v) is 3.33. The van der Waals surface area contributed by atoms with E-state index in [1.165, 1.54) is 24.3 Å². The molecule has 2 aromatic rings. The number of benzene rings is 2. The normalized spacial score (nSPS) is 11.2. The Morgan fingerprint density at radius 3 is 2.33 bits per heavy atom. The predicted molar refractivity (Wildman–Crippen MR) is 94.4 cm³/mol. The van der Waals surface area contributed by atoms with Crippen LogP contribution >= 0.6 is 0 Å². The SMILES string of the molecule is CCNC(=O)NC(=O)[C@@H](OC(=O)COc1ccc(F)cc1)c1ccccc1. The van der Waals surface area contributed by atoms with Gasteiger partial charge in [0.2, 0.25) is 6.10 Å². The molecule has 142 valence electrons. The highest BCUT2D eigenvalue weighted by atomic mass is 19.1. The fourth-order valence-electron chi connectivity index (χ4n) is 2.12. The van der Waals surface area contributed by atoms with Gasteiger partial charge in [0, 0.05) is 12.1 Å². The van der Waals surface area contributed by atoms with Gasteiger partial charge in [0.05, 0.1) is 0 Å². The molecule has 0 radical (unpaired) electrons. The van der Waals surface area contributed by atoms with E-state index in [2.05, 4.69) is 10.6 Å². The summed E-state index contributed by atoms with van der Waals surface area (Å²) in [4.78, 5) is 36.0. The van der Waals surface area contributed by atoms with Crippen molar-refractivity contribution in [3.63, 3.8) is 0 Å². The van der Waals surface area contributed by atoms with Crippen LogP contribution < -0.4 is 15.4 Å². The molecule has 0 aliphatic carbocycles. The Labute approximate surface area is 155 Å². The molecule has 0 bridgehead atoms. The van der Waals surface area contributed by atoms with Crippen LogP contribution in [0.3, 0.4) is 0 Å². The number of halogens is 1. The fourth-order valence-corrected chi connectivity index (χ4v) is 2.12. The summed E-state index contributed by atoms with van der Waals surface area (Å²) in [5, 5.41) is 4.54. The number of hydrogen-bond acceptors (Lipinski definition) is 5. The largest absolute Gasteiger partial charge is 0.482 e. The molecule has 0 unspecified atom stereocenters. The second kappa shape index (κ2) is 9.91. The van der Waals surface area contributed by atoms with Gasteiger partial charge in [0.1, 0.15) is 11.6 Å². The smallest absolute Gasteiger partial charge is 0.345 e. The number of ether oxygens (including phenoxy) is 2. The molecule has 7 nitrogen and oxygen atoms in total. The van der Waals surface area contributed by atoms with E-state index >= 15 is 0 Å². The summed E-state index contributed by atoms with van der Waals surface area (Å²) in [7, 11) is 0. The van der Waals surface area contributed by atoms with E-state index in [1.807, 2.05) is 0 Å². The average Bonchev–Trinajstić information content (AvgIpc) is 2.66. The molecule has 0 saturated carbocycles. The van der Waals surface area contributed by atoms with Gasteiger partial charge in [-0.2, -0.15) is 0 Å². The summed E-state index contributed by atoms with van der Waals surface area (Å²) in [6.07, 6.45) is -1.32. The molecule has 2 rings (SSSR count). The lowest BCUT2D eigenvalue weighted by Crippen LogP contribution is -2.42. The molecular formula is C19H19FN2O5. The molecule has 0 heterocycles. The molecule has 1 atom stereocenters. The van der Waals surface area contributed by atoms with Crippen LogP contribution in [0, 0.1) is 5.82 Å². The number of rotatable bonds is 7. The van der Waals surface area contributed by atoms with E-state index < -0.39 is 36.4 Å². The van der Waals surface area contributed by atoms with Gasteiger partial charge in [-0.25, -0.2) is 14.0 Å². The summed E-state index contributed by atoms with van der Waals surface area (Å²) >= 11 is 0. The highest BCUT2D eigenvalue weighted by Gasteiger charge is 2.26. The van der Waals surface area contributed by atoms with Gasteiger partial charge in [-0.05, 0) is 31.2 Å². The zero-order chi connectivity index (χ0) is 19.6. The van der Waals surface area contributed by atoms with Gasteiger partial charge in [-0.15, -0.1) is 0 Å². The zero-order valence-corrected chi connectivity index (χ0v) is 14.6. The molecule has 8 heteroatoms. The average molecular weight is 374 g/mol. The number of amides is 3. The maximum absolute atomic E-state index is 12.9. The molecule has 0 fully saturated rings. The van der Waals surface area contributed by atoms with E-state index in [4.69, 9.17) is 9.47 Å².